The van der Waals surface area contributed by atoms with Gasteiger partial charge >= 0.3 is 0 Å². The smallest absolute Gasteiger partial charge is 0.119 e. The van der Waals surface area contributed by atoms with Crippen molar-refractivity contribution in [2.24, 2.45) is 0 Å². The molecule has 0 amide bonds. The van der Waals surface area contributed by atoms with Crippen molar-refractivity contribution in [1.82, 2.24) is 0 Å². The summed E-state index contributed by atoms with van der Waals surface area (Å²) in [6.45, 7) is 3.00. The van der Waals surface area contributed by atoms with Gasteiger partial charge in [-0.15, -0.1) is 11.6 Å². The fourth-order valence-electron chi connectivity index (χ4n) is 4.08. The summed E-state index contributed by atoms with van der Waals surface area (Å²) >= 11 is 6.37. The number of hydrogen-bond acceptors (Lipinski definition) is 2. The maximum Gasteiger partial charge on any atom is 0.119 e. The summed E-state index contributed by atoms with van der Waals surface area (Å²) in [5, 5.41) is 9.93. The zero-order chi connectivity index (χ0) is 19.8. The largest absolute Gasteiger partial charge is 0.494 e. The Kier molecular flexibility index (Phi) is 7.40. The average Bonchev–Trinajstić information content (AvgIpc) is 2.74. The molecule has 2 unspecified atom stereocenters. The molecule has 2 aromatic carbocycles. The maximum atomic E-state index is 9.83. The number of nitriles is 1. The lowest BCUT2D eigenvalue weighted by atomic mass is 9.70. The molecule has 0 radical (unpaired) electrons. The fourth-order valence-corrected chi connectivity index (χ4v) is 4.50. The molecule has 0 heterocycles. The number of rotatable bonds is 8. The first-order valence-corrected chi connectivity index (χ1v) is 11.0. The molecule has 0 bridgehead atoms. The molecular formula is C25H30ClNO. The van der Waals surface area contributed by atoms with Crippen LogP contribution in [-0.2, 0) is 5.41 Å². The molecule has 2 atom stereocenters. The van der Waals surface area contributed by atoms with E-state index >= 15 is 0 Å². The van der Waals surface area contributed by atoms with Crippen LogP contribution in [0.5, 0.6) is 5.75 Å². The molecule has 3 rings (SSSR count). The predicted octanol–water partition coefficient (Wildman–Crippen LogP) is 7.26. The van der Waals surface area contributed by atoms with Crippen molar-refractivity contribution >= 4 is 11.6 Å². The fraction of sp³-hybridized carbons (Fsp3) is 0.480. The van der Waals surface area contributed by atoms with Crippen LogP contribution in [0.1, 0.15) is 63.9 Å². The van der Waals surface area contributed by atoms with Gasteiger partial charge in [-0.25, -0.2) is 0 Å². The highest BCUT2D eigenvalue weighted by molar-refractivity contribution is 6.20. The quantitative estimate of drug-likeness (QED) is 0.348. The van der Waals surface area contributed by atoms with Crippen molar-refractivity contribution in [3.8, 4) is 22.9 Å². The number of benzene rings is 2. The van der Waals surface area contributed by atoms with Crippen LogP contribution in [0.4, 0.5) is 0 Å². The van der Waals surface area contributed by atoms with Crippen molar-refractivity contribution < 1.29 is 4.74 Å². The van der Waals surface area contributed by atoms with Gasteiger partial charge in [0.25, 0.3) is 0 Å². The second kappa shape index (κ2) is 9.99. The first kappa shape index (κ1) is 20.7. The van der Waals surface area contributed by atoms with Gasteiger partial charge in [0, 0.05) is 5.38 Å². The van der Waals surface area contributed by atoms with Crippen LogP contribution in [0.15, 0.2) is 48.5 Å². The molecule has 0 N–H and O–H groups in total. The molecule has 0 saturated heterocycles. The highest BCUT2D eigenvalue weighted by atomic mass is 35.5. The second-order valence-corrected chi connectivity index (χ2v) is 8.52. The van der Waals surface area contributed by atoms with Crippen LogP contribution in [-0.4, -0.2) is 12.0 Å². The van der Waals surface area contributed by atoms with E-state index in [-0.39, 0.29) is 5.38 Å². The molecule has 1 fully saturated rings. The van der Waals surface area contributed by atoms with Crippen molar-refractivity contribution in [2.75, 3.05) is 6.61 Å². The van der Waals surface area contributed by atoms with Gasteiger partial charge in [0.1, 0.15) is 5.75 Å². The van der Waals surface area contributed by atoms with E-state index in [0.717, 1.165) is 61.2 Å². The summed E-state index contributed by atoms with van der Waals surface area (Å²) < 4.78 is 5.83. The molecule has 1 aliphatic rings. The van der Waals surface area contributed by atoms with Gasteiger partial charge < -0.3 is 4.74 Å². The van der Waals surface area contributed by atoms with Gasteiger partial charge in [-0.1, -0.05) is 69.0 Å². The number of halogens is 1. The molecule has 2 aromatic rings. The minimum atomic E-state index is -0.432. The van der Waals surface area contributed by atoms with E-state index < -0.39 is 5.41 Å². The number of unbranched alkanes of at least 4 members (excludes halogenated alkanes) is 3. The summed E-state index contributed by atoms with van der Waals surface area (Å²) in [6.07, 6.45) is 8.54. The van der Waals surface area contributed by atoms with E-state index in [1.807, 2.05) is 12.1 Å². The van der Waals surface area contributed by atoms with E-state index in [2.05, 4.69) is 49.4 Å². The molecule has 3 heteroatoms. The Labute approximate surface area is 174 Å². The van der Waals surface area contributed by atoms with E-state index in [1.165, 1.54) is 19.3 Å². The maximum absolute atomic E-state index is 9.83. The molecule has 28 heavy (non-hydrogen) atoms. The lowest BCUT2D eigenvalue weighted by Gasteiger charge is -2.33. The summed E-state index contributed by atoms with van der Waals surface area (Å²) in [5.74, 6) is 0.927. The first-order valence-electron chi connectivity index (χ1n) is 10.6. The third-order valence-electron chi connectivity index (χ3n) is 5.80. The Bertz CT molecular complexity index is 778. The molecule has 2 nitrogen and oxygen atoms in total. The van der Waals surface area contributed by atoms with Crippen molar-refractivity contribution in [3.05, 3.63) is 54.1 Å². The monoisotopic (exact) mass is 395 g/mol. The third kappa shape index (κ3) is 5.09. The Morgan fingerprint density at radius 3 is 2.32 bits per heavy atom. The molecule has 1 saturated carbocycles. The minimum Gasteiger partial charge on any atom is -0.494 e. The standard InChI is InChI=1S/C25H30ClNO/c1-2-3-4-5-17-28-24-14-10-21(11-15-24)20-8-12-22(13-9-20)25(19-27)16-6-7-23(26)18-25/h8-15,23H,2-7,16-18H2,1H3. The number of alkyl halides is 1. The third-order valence-corrected chi connectivity index (χ3v) is 6.17. The van der Waals surface area contributed by atoms with Crippen molar-refractivity contribution in [1.29, 1.82) is 5.26 Å². The second-order valence-electron chi connectivity index (χ2n) is 7.90. The van der Waals surface area contributed by atoms with Gasteiger partial charge in [-0.05, 0) is 54.5 Å². The Balaban J connectivity index is 1.64. The molecule has 0 aromatic heterocycles. The highest BCUT2D eigenvalue weighted by Crippen LogP contribution is 2.41. The van der Waals surface area contributed by atoms with Crippen LogP contribution in [0.2, 0.25) is 0 Å². The zero-order valence-electron chi connectivity index (χ0n) is 16.8. The van der Waals surface area contributed by atoms with E-state index in [9.17, 15) is 5.26 Å². The minimum absolute atomic E-state index is 0.0996. The highest BCUT2D eigenvalue weighted by Gasteiger charge is 2.37. The zero-order valence-corrected chi connectivity index (χ0v) is 17.5. The molecule has 1 aliphatic carbocycles. The van der Waals surface area contributed by atoms with E-state index in [1.54, 1.807) is 0 Å². The number of hydrogen-bond donors (Lipinski definition) is 0. The van der Waals surface area contributed by atoms with Gasteiger partial charge in [-0.2, -0.15) is 5.26 Å². The SMILES string of the molecule is CCCCCCOc1ccc(-c2ccc(C3(C#N)CCCC(Cl)C3)cc2)cc1. The van der Waals surface area contributed by atoms with Crippen LogP contribution >= 0.6 is 11.6 Å². The lowest BCUT2D eigenvalue weighted by Crippen LogP contribution is -2.31. The van der Waals surface area contributed by atoms with Gasteiger partial charge in [0.2, 0.25) is 0 Å². The lowest BCUT2D eigenvalue weighted by molar-refractivity contribution is 0.305. The molecule has 0 spiro atoms. The number of nitrogens with zero attached hydrogens (tertiary/aromatic N) is 1. The molecule has 148 valence electrons. The molecule has 0 aliphatic heterocycles. The average molecular weight is 396 g/mol. The first-order chi connectivity index (χ1) is 13.7. The van der Waals surface area contributed by atoms with Gasteiger partial charge in [0.05, 0.1) is 18.1 Å². The van der Waals surface area contributed by atoms with Crippen molar-refractivity contribution in [2.45, 2.75) is 69.1 Å². The Morgan fingerprint density at radius 1 is 1.04 bits per heavy atom. The van der Waals surface area contributed by atoms with Crippen molar-refractivity contribution in [3.63, 3.8) is 0 Å². The summed E-state index contributed by atoms with van der Waals surface area (Å²) in [5.41, 5.74) is 2.98. The summed E-state index contributed by atoms with van der Waals surface area (Å²) in [7, 11) is 0. The van der Waals surface area contributed by atoms with Crippen LogP contribution < -0.4 is 4.74 Å². The summed E-state index contributed by atoms with van der Waals surface area (Å²) in [4.78, 5) is 0. The predicted molar refractivity (Wildman–Crippen MR) is 117 cm³/mol. The molecular weight excluding hydrogens is 366 g/mol. The van der Waals surface area contributed by atoms with Crippen LogP contribution in [0.25, 0.3) is 11.1 Å². The Hall–Kier alpha value is -1.98. The van der Waals surface area contributed by atoms with E-state index in [0.29, 0.717) is 0 Å². The van der Waals surface area contributed by atoms with Crippen LogP contribution in [0, 0.1) is 11.3 Å². The summed E-state index contributed by atoms with van der Waals surface area (Å²) in [6, 6.07) is 19.3. The van der Waals surface area contributed by atoms with Gasteiger partial charge in [0.15, 0.2) is 0 Å². The topological polar surface area (TPSA) is 33.0 Å². The van der Waals surface area contributed by atoms with Crippen LogP contribution in [0.3, 0.4) is 0 Å². The normalized spacial score (nSPS) is 21.8. The number of ether oxygens (including phenoxy) is 1. The van der Waals surface area contributed by atoms with E-state index in [4.69, 9.17) is 16.3 Å². The van der Waals surface area contributed by atoms with Gasteiger partial charge in [-0.3, -0.25) is 0 Å². The Morgan fingerprint density at radius 2 is 1.71 bits per heavy atom.